The monoisotopic (exact) mass is 615 g/mol. The maximum Gasteiger partial charge on any atom is 0.251 e. The first-order valence-electron chi connectivity index (χ1n) is 13.8. The number of rotatable bonds is 10. The van der Waals surface area contributed by atoms with Crippen LogP contribution in [0.1, 0.15) is 38.5 Å². The second-order valence-corrected chi connectivity index (χ2v) is 10.8. The van der Waals surface area contributed by atoms with E-state index in [4.69, 9.17) is 32.4 Å². The number of para-hydroxylation sites is 1. The van der Waals surface area contributed by atoms with Crippen molar-refractivity contribution in [2.24, 2.45) is 0 Å². The Balaban J connectivity index is 1.24. The van der Waals surface area contributed by atoms with Crippen LogP contribution in [0.25, 0.3) is 22.7 Å². The molecule has 2 aromatic heterocycles. The number of fused-ring (bicyclic) bond motifs is 1. The molecule has 2 heterocycles. The van der Waals surface area contributed by atoms with Crippen LogP contribution in [0.3, 0.4) is 0 Å². The minimum Gasteiger partial charge on any atom is -0.489 e. The van der Waals surface area contributed by atoms with Gasteiger partial charge in [0.15, 0.2) is 11.3 Å². The summed E-state index contributed by atoms with van der Waals surface area (Å²) in [5.74, 6) is 1.13. The number of hydrogen-bond donors (Lipinski definition) is 2. The van der Waals surface area contributed by atoms with Crippen molar-refractivity contribution in [3.8, 4) is 11.4 Å². The van der Waals surface area contributed by atoms with Crippen LogP contribution in [0.2, 0.25) is 10.0 Å². The standard InChI is InChI=1S/C34H31Cl2N3O4/c1-21-22(2)43-33-26(21)7-4-8-30(33)42-19-17-27-28(35)14-15-29(32(27)36)39-18-5-6-25(39)20-38-31(40)16-11-23-9-12-24(13-10-23)34(41)37-3/h4-16,18H,17,19-20H2,1-3H3,(H,37,41)(H,38,40)/b16-11+. The molecule has 0 aliphatic heterocycles. The van der Waals surface area contributed by atoms with Gasteiger partial charge in [-0.2, -0.15) is 0 Å². The number of halogens is 2. The molecule has 220 valence electrons. The van der Waals surface area contributed by atoms with Gasteiger partial charge in [-0.1, -0.05) is 47.5 Å². The Bertz CT molecular complexity index is 1820. The van der Waals surface area contributed by atoms with Crippen molar-refractivity contribution in [3.63, 3.8) is 0 Å². The first kappa shape index (κ1) is 30.0. The van der Waals surface area contributed by atoms with E-state index in [1.54, 1.807) is 37.4 Å². The average Bonchev–Trinajstić information content (AvgIpc) is 3.60. The number of nitrogens with zero attached hydrogens (tertiary/aromatic N) is 1. The number of hydrogen-bond acceptors (Lipinski definition) is 4. The summed E-state index contributed by atoms with van der Waals surface area (Å²) >= 11 is 13.5. The Morgan fingerprint density at radius 1 is 1.00 bits per heavy atom. The largest absolute Gasteiger partial charge is 0.489 e. The van der Waals surface area contributed by atoms with E-state index >= 15 is 0 Å². The molecule has 9 heteroatoms. The first-order chi connectivity index (χ1) is 20.8. The molecule has 2 N–H and O–H groups in total. The van der Waals surface area contributed by atoms with Crippen LogP contribution >= 0.6 is 23.2 Å². The molecule has 0 aliphatic rings. The number of ether oxygens (including phenoxy) is 1. The number of benzene rings is 3. The normalized spacial score (nSPS) is 11.3. The molecule has 0 spiro atoms. The van der Waals surface area contributed by atoms with E-state index in [1.807, 2.05) is 67.1 Å². The van der Waals surface area contributed by atoms with E-state index in [0.29, 0.717) is 34.4 Å². The van der Waals surface area contributed by atoms with E-state index < -0.39 is 0 Å². The van der Waals surface area contributed by atoms with Crippen LogP contribution in [-0.4, -0.2) is 30.0 Å². The van der Waals surface area contributed by atoms with Gasteiger partial charge in [0, 0.05) is 47.4 Å². The summed E-state index contributed by atoms with van der Waals surface area (Å²) in [6.45, 7) is 4.62. The zero-order chi connectivity index (χ0) is 30.5. The van der Waals surface area contributed by atoms with Gasteiger partial charge in [0.05, 0.1) is 23.9 Å². The number of amides is 2. The number of carbonyl (C=O) groups is 2. The Morgan fingerprint density at radius 2 is 1.79 bits per heavy atom. The van der Waals surface area contributed by atoms with Crippen molar-refractivity contribution >= 4 is 52.1 Å². The molecular weight excluding hydrogens is 585 g/mol. The summed E-state index contributed by atoms with van der Waals surface area (Å²) in [7, 11) is 1.58. The van der Waals surface area contributed by atoms with Gasteiger partial charge >= 0.3 is 0 Å². The van der Waals surface area contributed by atoms with Crippen molar-refractivity contribution in [2.45, 2.75) is 26.8 Å². The van der Waals surface area contributed by atoms with Gasteiger partial charge in [-0.15, -0.1) is 0 Å². The minimum atomic E-state index is -0.250. The average molecular weight is 617 g/mol. The quantitative estimate of drug-likeness (QED) is 0.160. The highest BCUT2D eigenvalue weighted by Gasteiger charge is 2.16. The van der Waals surface area contributed by atoms with Crippen LogP contribution in [0.15, 0.2) is 83.4 Å². The van der Waals surface area contributed by atoms with Gasteiger partial charge in [0.2, 0.25) is 5.91 Å². The van der Waals surface area contributed by atoms with Crippen molar-refractivity contribution in [1.82, 2.24) is 15.2 Å². The van der Waals surface area contributed by atoms with Gasteiger partial charge in [-0.3, -0.25) is 9.59 Å². The van der Waals surface area contributed by atoms with E-state index in [2.05, 4.69) is 10.6 Å². The third-order valence-corrected chi connectivity index (χ3v) is 8.08. The number of carbonyl (C=O) groups excluding carboxylic acids is 2. The van der Waals surface area contributed by atoms with Gasteiger partial charge in [0.1, 0.15) is 5.76 Å². The molecule has 2 amide bonds. The number of nitrogens with one attached hydrogen (secondary N) is 2. The zero-order valence-electron chi connectivity index (χ0n) is 24.0. The summed E-state index contributed by atoms with van der Waals surface area (Å²) in [5.41, 5.74) is 5.56. The zero-order valence-corrected chi connectivity index (χ0v) is 25.6. The molecular formula is C34H31Cl2N3O4. The molecule has 0 fully saturated rings. The Hall–Kier alpha value is -4.46. The fourth-order valence-corrected chi connectivity index (χ4v) is 5.46. The van der Waals surface area contributed by atoms with E-state index in [1.165, 1.54) is 6.08 Å². The van der Waals surface area contributed by atoms with Crippen molar-refractivity contribution < 1.29 is 18.7 Å². The maximum atomic E-state index is 12.5. The van der Waals surface area contributed by atoms with E-state index in [0.717, 1.165) is 44.8 Å². The summed E-state index contributed by atoms with van der Waals surface area (Å²) in [5, 5.41) is 7.60. The van der Waals surface area contributed by atoms with Crippen LogP contribution in [-0.2, 0) is 17.8 Å². The lowest BCUT2D eigenvalue weighted by Crippen LogP contribution is -2.21. The van der Waals surface area contributed by atoms with E-state index in [9.17, 15) is 9.59 Å². The van der Waals surface area contributed by atoms with Crippen molar-refractivity contribution in [3.05, 3.63) is 123 Å². The van der Waals surface area contributed by atoms with E-state index in [-0.39, 0.29) is 18.4 Å². The summed E-state index contributed by atoms with van der Waals surface area (Å²) in [6, 6.07) is 20.3. The number of aryl methyl sites for hydroxylation is 2. The fraction of sp³-hybridized carbons (Fsp3) is 0.176. The minimum absolute atomic E-state index is 0.162. The van der Waals surface area contributed by atoms with Crippen LogP contribution in [0, 0.1) is 13.8 Å². The SMILES string of the molecule is CNC(=O)c1ccc(/C=C/C(=O)NCc2cccn2-c2ccc(Cl)c(CCOc3cccc4c(C)c(C)oc34)c2Cl)cc1. The smallest absolute Gasteiger partial charge is 0.251 e. The van der Waals surface area contributed by atoms with Crippen molar-refractivity contribution in [2.75, 3.05) is 13.7 Å². The van der Waals surface area contributed by atoms with Gasteiger partial charge in [-0.05, 0) is 79.1 Å². The molecule has 3 aromatic carbocycles. The molecule has 0 atom stereocenters. The lowest BCUT2D eigenvalue weighted by molar-refractivity contribution is -0.116. The van der Waals surface area contributed by atoms with Crippen LogP contribution in [0.4, 0.5) is 0 Å². The second kappa shape index (κ2) is 13.2. The first-order valence-corrected chi connectivity index (χ1v) is 14.6. The highest BCUT2D eigenvalue weighted by atomic mass is 35.5. The number of aromatic nitrogens is 1. The van der Waals surface area contributed by atoms with Gasteiger partial charge in [-0.25, -0.2) is 0 Å². The van der Waals surface area contributed by atoms with Crippen molar-refractivity contribution in [1.29, 1.82) is 0 Å². The lowest BCUT2D eigenvalue weighted by Gasteiger charge is -2.16. The Morgan fingerprint density at radius 3 is 2.56 bits per heavy atom. The Kier molecular flexibility index (Phi) is 9.24. The summed E-state index contributed by atoms with van der Waals surface area (Å²) < 4.78 is 14.0. The summed E-state index contributed by atoms with van der Waals surface area (Å²) in [6.07, 6.45) is 5.54. The molecule has 7 nitrogen and oxygen atoms in total. The van der Waals surface area contributed by atoms with Crippen LogP contribution in [0.5, 0.6) is 5.75 Å². The molecule has 5 aromatic rings. The maximum absolute atomic E-state index is 12.5. The fourth-order valence-electron chi connectivity index (χ4n) is 4.81. The van der Waals surface area contributed by atoms with Crippen LogP contribution < -0.4 is 15.4 Å². The highest BCUT2D eigenvalue weighted by molar-refractivity contribution is 6.37. The molecule has 0 bridgehead atoms. The predicted octanol–water partition coefficient (Wildman–Crippen LogP) is 7.46. The molecule has 0 aliphatic carbocycles. The molecule has 43 heavy (non-hydrogen) atoms. The Labute approximate surface area is 260 Å². The lowest BCUT2D eigenvalue weighted by atomic mass is 10.1. The number of furan rings is 1. The molecule has 0 unspecified atom stereocenters. The third-order valence-electron chi connectivity index (χ3n) is 7.30. The summed E-state index contributed by atoms with van der Waals surface area (Å²) in [4.78, 5) is 24.3. The topological polar surface area (TPSA) is 85.5 Å². The molecule has 0 radical (unpaired) electrons. The molecule has 0 saturated heterocycles. The predicted molar refractivity (Wildman–Crippen MR) is 171 cm³/mol. The van der Waals surface area contributed by atoms with Gasteiger partial charge < -0.3 is 24.4 Å². The van der Waals surface area contributed by atoms with Gasteiger partial charge in [0.25, 0.3) is 5.91 Å². The third kappa shape index (κ3) is 6.63. The second-order valence-electron chi connectivity index (χ2n) is 10.00. The molecule has 0 saturated carbocycles. The highest BCUT2D eigenvalue weighted by Crippen LogP contribution is 2.34. The molecule has 5 rings (SSSR count).